The van der Waals surface area contributed by atoms with E-state index in [-0.39, 0.29) is 23.9 Å². The lowest BCUT2D eigenvalue weighted by atomic mass is 9.90. The molecule has 19 heavy (non-hydrogen) atoms. The van der Waals surface area contributed by atoms with Crippen LogP contribution in [-0.4, -0.2) is 24.5 Å². The third-order valence-corrected chi connectivity index (χ3v) is 4.04. The van der Waals surface area contributed by atoms with E-state index in [1.54, 1.807) is 18.2 Å². The van der Waals surface area contributed by atoms with Crippen molar-refractivity contribution in [1.29, 1.82) is 0 Å². The van der Waals surface area contributed by atoms with Gasteiger partial charge in [-0.05, 0) is 51.1 Å². The highest BCUT2D eigenvalue weighted by Gasteiger charge is 2.28. The maximum absolute atomic E-state index is 12.1. The lowest BCUT2D eigenvalue weighted by molar-refractivity contribution is 0.0887. The minimum atomic E-state index is -0.144. The van der Waals surface area contributed by atoms with E-state index in [0.717, 1.165) is 25.9 Å². The molecule has 0 radical (unpaired) electrons. The van der Waals surface area contributed by atoms with Gasteiger partial charge in [-0.2, -0.15) is 0 Å². The SMILES string of the molecule is CC1(NC(=O)c2ccc(Cl)c(Cl)c2)CCNCC1.Cl. The monoisotopic (exact) mass is 322 g/mol. The Morgan fingerprint density at radius 2 is 1.89 bits per heavy atom. The van der Waals surface area contributed by atoms with Crippen molar-refractivity contribution in [3.63, 3.8) is 0 Å². The van der Waals surface area contributed by atoms with Gasteiger partial charge in [-0.15, -0.1) is 12.4 Å². The number of amides is 1. The Bertz CT molecular complexity index is 459. The van der Waals surface area contributed by atoms with Crippen molar-refractivity contribution in [1.82, 2.24) is 10.6 Å². The molecule has 3 nitrogen and oxygen atoms in total. The number of piperidine rings is 1. The van der Waals surface area contributed by atoms with E-state index in [4.69, 9.17) is 23.2 Å². The van der Waals surface area contributed by atoms with Crippen molar-refractivity contribution >= 4 is 41.5 Å². The molecule has 6 heteroatoms. The number of carbonyl (C=O) groups is 1. The van der Waals surface area contributed by atoms with Crippen LogP contribution in [0.5, 0.6) is 0 Å². The summed E-state index contributed by atoms with van der Waals surface area (Å²) in [5, 5.41) is 7.22. The second-order valence-corrected chi connectivity index (χ2v) is 5.71. The maximum Gasteiger partial charge on any atom is 0.251 e. The molecule has 0 atom stereocenters. The van der Waals surface area contributed by atoms with Gasteiger partial charge in [0.15, 0.2) is 0 Å². The van der Waals surface area contributed by atoms with E-state index in [2.05, 4.69) is 17.6 Å². The van der Waals surface area contributed by atoms with E-state index in [0.29, 0.717) is 15.6 Å². The van der Waals surface area contributed by atoms with Crippen LogP contribution in [0.4, 0.5) is 0 Å². The first-order chi connectivity index (χ1) is 8.50. The predicted molar refractivity (Wildman–Crippen MR) is 81.7 cm³/mol. The summed E-state index contributed by atoms with van der Waals surface area (Å²) in [6, 6.07) is 4.93. The molecule has 2 N–H and O–H groups in total. The number of benzene rings is 1. The van der Waals surface area contributed by atoms with E-state index in [9.17, 15) is 4.79 Å². The average Bonchev–Trinajstić information content (AvgIpc) is 2.33. The molecule has 1 aromatic rings. The Hall–Kier alpha value is -0.480. The summed E-state index contributed by atoms with van der Waals surface area (Å²) < 4.78 is 0. The molecule has 0 spiro atoms. The molecule has 1 aliphatic heterocycles. The van der Waals surface area contributed by atoms with Crippen LogP contribution in [0.25, 0.3) is 0 Å². The van der Waals surface area contributed by atoms with Crippen molar-refractivity contribution in [3.8, 4) is 0 Å². The van der Waals surface area contributed by atoms with Crippen LogP contribution in [-0.2, 0) is 0 Å². The summed E-state index contributed by atoms with van der Waals surface area (Å²) in [7, 11) is 0. The fourth-order valence-electron chi connectivity index (χ4n) is 2.09. The van der Waals surface area contributed by atoms with Crippen LogP contribution in [0.3, 0.4) is 0 Å². The Labute approximate surface area is 129 Å². The second kappa shape index (κ2) is 6.80. The lowest BCUT2D eigenvalue weighted by Crippen LogP contribution is -2.52. The van der Waals surface area contributed by atoms with E-state index in [1.807, 2.05) is 0 Å². The molecule has 0 unspecified atom stereocenters. The summed E-state index contributed by atoms with van der Waals surface area (Å²) in [4.78, 5) is 12.1. The van der Waals surface area contributed by atoms with Crippen LogP contribution >= 0.6 is 35.6 Å². The summed E-state index contributed by atoms with van der Waals surface area (Å²) in [5.74, 6) is -0.0991. The highest BCUT2D eigenvalue weighted by atomic mass is 35.5. The van der Waals surface area contributed by atoms with Gasteiger partial charge in [-0.3, -0.25) is 4.79 Å². The zero-order chi connectivity index (χ0) is 13.2. The summed E-state index contributed by atoms with van der Waals surface area (Å²) >= 11 is 11.7. The number of hydrogen-bond acceptors (Lipinski definition) is 2. The zero-order valence-corrected chi connectivity index (χ0v) is 13.0. The third-order valence-electron chi connectivity index (χ3n) is 3.30. The van der Waals surface area contributed by atoms with Gasteiger partial charge >= 0.3 is 0 Å². The van der Waals surface area contributed by atoms with E-state index in [1.165, 1.54) is 0 Å². The number of carbonyl (C=O) groups excluding carboxylic acids is 1. The molecule has 106 valence electrons. The molecule has 1 fully saturated rings. The summed E-state index contributed by atoms with van der Waals surface area (Å²) in [6.07, 6.45) is 1.86. The Kier molecular flexibility index (Phi) is 5.93. The van der Waals surface area contributed by atoms with Gasteiger partial charge in [-0.1, -0.05) is 23.2 Å². The van der Waals surface area contributed by atoms with Crippen LogP contribution in [0.1, 0.15) is 30.1 Å². The summed E-state index contributed by atoms with van der Waals surface area (Å²) in [5.41, 5.74) is 0.401. The van der Waals surface area contributed by atoms with Crippen molar-refractivity contribution in [3.05, 3.63) is 33.8 Å². The smallest absolute Gasteiger partial charge is 0.251 e. The molecule has 0 bridgehead atoms. The standard InChI is InChI=1S/C13H16Cl2N2O.ClH/c1-13(4-6-16-7-5-13)17-12(18)9-2-3-10(14)11(15)8-9;/h2-3,8,16H,4-7H2,1H3,(H,17,18);1H. The molecular formula is C13H17Cl3N2O. The summed E-state index contributed by atoms with van der Waals surface area (Å²) in [6.45, 7) is 3.93. The minimum Gasteiger partial charge on any atom is -0.347 e. The van der Waals surface area contributed by atoms with Crippen LogP contribution < -0.4 is 10.6 Å². The van der Waals surface area contributed by atoms with Crippen LogP contribution in [0.2, 0.25) is 10.0 Å². The minimum absolute atomic E-state index is 0. The van der Waals surface area contributed by atoms with Crippen LogP contribution in [0, 0.1) is 0 Å². The molecule has 1 aliphatic rings. The van der Waals surface area contributed by atoms with Crippen molar-refractivity contribution in [2.45, 2.75) is 25.3 Å². The van der Waals surface area contributed by atoms with E-state index >= 15 is 0 Å². The average molecular weight is 324 g/mol. The normalized spacial score (nSPS) is 17.4. The number of rotatable bonds is 2. The van der Waals surface area contributed by atoms with E-state index < -0.39 is 0 Å². The molecule has 1 heterocycles. The molecule has 0 aromatic heterocycles. The van der Waals surface area contributed by atoms with Gasteiger partial charge in [0, 0.05) is 11.1 Å². The topological polar surface area (TPSA) is 41.1 Å². The molecular weight excluding hydrogens is 307 g/mol. The quantitative estimate of drug-likeness (QED) is 0.877. The van der Waals surface area contributed by atoms with Gasteiger partial charge < -0.3 is 10.6 Å². The predicted octanol–water partition coefficient (Wildman–Crippen LogP) is 3.29. The highest BCUT2D eigenvalue weighted by molar-refractivity contribution is 6.42. The fourth-order valence-corrected chi connectivity index (χ4v) is 2.39. The third kappa shape index (κ3) is 4.25. The zero-order valence-electron chi connectivity index (χ0n) is 10.6. The first-order valence-corrected chi connectivity index (χ1v) is 6.74. The number of nitrogens with one attached hydrogen (secondary N) is 2. The van der Waals surface area contributed by atoms with Gasteiger partial charge in [0.05, 0.1) is 10.0 Å². The Morgan fingerprint density at radius 3 is 2.47 bits per heavy atom. The number of hydrogen-bond donors (Lipinski definition) is 2. The molecule has 0 saturated carbocycles. The van der Waals surface area contributed by atoms with Crippen molar-refractivity contribution in [2.75, 3.05) is 13.1 Å². The molecule has 1 amide bonds. The Morgan fingerprint density at radius 1 is 1.26 bits per heavy atom. The number of halogens is 3. The molecule has 1 aromatic carbocycles. The maximum atomic E-state index is 12.1. The van der Waals surface area contributed by atoms with Crippen molar-refractivity contribution in [2.24, 2.45) is 0 Å². The second-order valence-electron chi connectivity index (χ2n) is 4.89. The van der Waals surface area contributed by atoms with Crippen molar-refractivity contribution < 1.29 is 4.79 Å². The van der Waals surface area contributed by atoms with Gasteiger partial charge in [0.2, 0.25) is 0 Å². The first kappa shape index (κ1) is 16.6. The lowest BCUT2D eigenvalue weighted by Gasteiger charge is -2.35. The molecule has 0 aliphatic carbocycles. The van der Waals surface area contributed by atoms with Gasteiger partial charge in [0.1, 0.15) is 0 Å². The van der Waals surface area contributed by atoms with Crippen LogP contribution in [0.15, 0.2) is 18.2 Å². The first-order valence-electron chi connectivity index (χ1n) is 5.98. The van der Waals surface area contributed by atoms with Gasteiger partial charge in [0.25, 0.3) is 5.91 Å². The molecule has 1 saturated heterocycles. The largest absolute Gasteiger partial charge is 0.347 e. The Balaban J connectivity index is 0.00000180. The highest BCUT2D eigenvalue weighted by Crippen LogP contribution is 2.23. The molecule has 2 rings (SSSR count). The van der Waals surface area contributed by atoms with Gasteiger partial charge in [-0.25, -0.2) is 0 Å². The fraction of sp³-hybridized carbons (Fsp3) is 0.462.